The van der Waals surface area contributed by atoms with Gasteiger partial charge in [-0.15, -0.1) is 0 Å². The number of fused-ring (bicyclic) bond motifs is 1. The van der Waals surface area contributed by atoms with Crippen molar-refractivity contribution in [2.45, 2.75) is 18.9 Å². The molecule has 3 aliphatic rings. The quantitative estimate of drug-likeness (QED) is 0.732. The van der Waals surface area contributed by atoms with Crippen molar-refractivity contribution in [2.75, 3.05) is 56.2 Å². The Morgan fingerprint density at radius 1 is 0.829 bits per heavy atom. The molecule has 3 aliphatic heterocycles. The highest BCUT2D eigenvalue weighted by Crippen LogP contribution is 2.35. The first-order chi connectivity index (χ1) is 17.1. The summed E-state index contributed by atoms with van der Waals surface area (Å²) < 4.78 is 11.4. The van der Waals surface area contributed by atoms with E-state index in [2.05, 4.69) is 5.32 Å². The maximum atomic E-state index is 13.8. The van der Waals surface area contributed by atoms with E-state index in [0.29, 0.717) is 57.3 Å². The molecule has 2 aromatic carbocycles. The number of nitrogens with one attached hydrogen (secondary N) is 1. The van der Waals surface area contributed by atoms with Crippen LogP contribution in [0.25, 0.3) is 0 Å². The van der Waals surface area contributed by atoms with Gasteiger partial charge in [-0.2, -0.15) is 0 Å². The van der Waals surface area contributed by atoms with Crippen LogP contribution in [0.15, 0.2) is 54.6 Å². The van der Waals surface area contributed by atoms with Gasteiger partial charge in [0.15, 0.2) is 6.10 Å². The first kappa shape index (κ1) is 23.2. The Hall–Kier alpha value is -3.59. The van der Waals surface area contributed by atoms with Crippen molar-refractivity contribution in [3.63, 3.8) is 0 Å². The van der Waals surface area contributed by atoms with Gasteiger partial charge in [-0.25, -0.2) is 4.79 Å². The normalized spacial score (nSPS) is 22.1. The lowest BCUT2D eigenvalue weighted by molar-refractivity contribution is -0.143. The second-order valence-electron chi connectivity index (χ2n) is 9.04. The van der Waals surface area contributed by atoms with E-state index in [1.54, 1.807) is 20.8 Å². The van der Waals surface area contributed by atoms with Crippen LogP contribution in [0.2, 0.25) is 0 Å². The van der Waals surface area contributed by atoms with E-state index in [9.17, 15) is 14.4 Å². The van der Waals surface area contributed by atoms with Crippen LogP contribution in [-0.4, -0.2) is 79.7 Å². The summed E-state index contributed by atoms with van der Waals surface area (Å²) in [4.78, 5) is 44.9. The average molecular weight is 479 g/mol. The van der Waals surface area contributed by atoms with Crippen molar-refractivity contribution >= 4 is 29.2 Å². The third-order valence-corrected chi connectivity index (χ3v) is 6.72. The molecule has 0 spiro atoms. The van der Waals surface area contributed by atoms with Crippen LogP contribution in [0.4, 0.5) is 16.2 Å². The van der Waals surface area contributed by atoms with E-state index >= 15 is 0 Å². The minimum absolute atomic E-state index is 0.0854. The van der Waals surface area contributed by atoms with E-state index in [1.807, 2.05) is 48.5 Å². The molecule has 2 aromatic rings. The van der Waals surface area contributed by atoms with Gasteiger partial charge in [-0.3, -0.25) is 9.59 Å². The largest absolute Gasteiger partial charge is 0.476 e. The monoisotopic (exact) mass is 478 g/mol. The fourth-order valence-corrected chi connectivity index (χ4v) is 4.87. The Morgan fingerprint density at radius 3 is 2.37 bits per heavy atom. The first-order valence-corrected chi connectivity index (χ1v) is 12.1. The number of hydrogen-bond acceptors (Lipinski definition) is 5. The summed E-state index contributed by atoms with van der Waals surface area (Å²) in [5.41, 5.74) is 1.38. The number of para-hydroxylation sites is 3. The third-order valence-electron chi connectivity index (χ3n) is 6.72. The van der Waals surface area contributed by atoms with E-state index < -0.39 is 6.10 Å². The molecule has 0 aromatic heterocycles. The third kappa shape index (κ3) is 5.09. The van der Waals surface area contributed by atoms with Crippen LogP contribution >= 0.6 is 0 Å². The van der Waals surface area contributed by atoms with Gasteiger partial charge in [-0.1, -0.05) is 30.3 Å². The highest BCUT2D eigenvalue weighted by Gasteiger charge is 2.39. The molecule has 0 saturated carbocycles. The molecule has 0 radical (unpaired) electrons. The van der Waals surface area contributed by atoms with E-state index in [-0.39, 0.29) is 30.3 Å². The number of rotatable bonds is 3. The fourth-order valence-electron chi connectivity index (χ4n) is 4.87. The van der Waals surface area contributed by atoms with E-state index in [4.69, 9.17) is 9.47 Å². The summed E-state index contributed by atoms with van der Waals surface area (Å²) in [6.45, 7) is 3.12. The van der Waals surface area contributed by atoms with Crippen molar-refractivity contribution in [3.05, 3.63) is 54.6 Å². The molecule has 9 nitrogen and oxygen atoms in total. The molecule has 184 valence electrons. The Bertz CT molecular complexity index is 1070. The van der Waals surface area contributed by atoms with Gasteiger partial charge in [0.2, 0.25) is 5.91 Å². The van der Waals surface area contributed by atoms with E-state index in [1.165, 1.54) is 0 Å². The Balaban J connectivity index is 1.30. The zero-order valence-corrected chi connectivity index (χ0v) is 19.6. The SMILES string of the molecule is O=C(Nc1ccccc1)N1CCCC(C(=O)N2CC(C(=O)N3CCOCC3)Oc3ccccc32)C1. The van der Waals surface area contributed by atoms with Crippen molar-refractivity contribution in [2.24, 2.45) is 5.92 Å². The Kier molecular flexibility index (Phi) is 6.85. The van der Waals surface area contributed by atoms with Gasteiger partial charge < -0.3 is 29.5 Å². The van der Waals surface area contributed by atoms with Gasteiger partial charge in [0.1, 0.15) is 5.75 Å². The summed E-state index contributed by atoms with van der Waals surface area (Å²) >= 11 is 0. The number of urea groups is 1. The molecule has 0 aliphatic carbocycles. The van der Waals surface area contributed by atoms with Gasteiger partial charge in [0, 0.05) is 31.9 Å². The highest BCUT2D eigenvalue weighted by atomic mass is 16.5. The smallest absolute Gasteiger partial charge is 0.321 e. The maximum absolute atomic E-state index is 13.8. The van der Waals surface area contributed by atoms with Gasteiger partial charge in [0.25, 0.3) is 5.91 Å². The van der Waals surface area contributed by atoms with Crippen molar-refractivity contribution in [1.82, 2.24) is 9.80 Å². The lowest BCUT2D eigenvalue weighted by atomic mass is 9.95. The molecule has 0 bridgehead atoms. The summed E-state index contributed by atoms with van der Waals surface area (Å²) in [5.74, 6) is -0.0467. The maximum Gasteiger partial charge on any atom is 0.321 e. The summed E-state index contributed by atoms with van der Waals surface area (Å²) in [5, 5.41) is 2.91. The van der Waals surface area contributed by atoms with Crippen molar-refractivity contribution in [3.8, 4) is 5.75 Å². The number of carbonyl (C=O) groups excluding carboxylic acids is 3. The van der Waals surface area contributed by atoms with Gasteiger partial charge in [-0.05, 0) is 37.1 Å². The van der Waals surface area contributed by atoms with Crippen LogP contribution in [0, 0.1) is 5.92 Å². The Labute approximate surface area is 204 Å². The predicted octanol–water partition coefficient (Wildman–Crippen LogP) is 2.58. The minimum atomic E-state index is -0.770. The molecule has 3 heterocycles. The number of ether oxygens (including phenoxy) is 2. The standard InChI is InChI=1S/C26H30N4O5/c31-24(19-7-6-12-29(17-19)26(33)27-20-8-2-1-3-9-20)30-18-23(25(32)28-13-15-34-16-14-28)35-22-11-5-4-10-21(22)30/h1-5,8-11,19,23H,6-7,12-18H2,(H,27,33). The number of morpholine rings is 1. The van der Waals surface area contributed by atoms with Crippen LogP contribution in [-0.2, 0) is 14.3 Å². The number of piperidine rings is 1. The van der Waals surface area contributed by atoms with E-state index in [0.717, 1.165) is 12.1 Å². The first-order valence-electron chi connectivity index (χ1n) is 12.1. The number of hydrogen-bond donors (Lipinski definition) is 1. The van der Waals surface area contributed by atoms with Gasteiger partial charge >= 0.3 is 6.03 Å². The molecular formula is C26H30N4O5. The summed E-state index contributed by atoms with van der Waals surface area (Å²) in [6.07, 6.45) is 0.657. The number of benzene rings is 2. The molecular weight excluding hydrogens is 448 g/mol. The van der Waals surface area contributed by atoms with Crippen molar-refractivity contribution < 1.29 is 23.9 Å². The average Bonchev–Trinajstić information content (AvgIpc) is 2.92. The van der Waals surface area contributed by atoms with Crippen LogP contribution in [0.5, 0.6) is 5.75 Å². The number of amides is 4. The molecule has 4 amide bonds. The molecule has 2 unspecified atom stereocenters. The molecule has 35 heavy (non-hydrogen) atoms. The molecule has 5 rings (SSSR count). The molecule has 2 fully saturated rings. The van der Waals surface area contributed by atoms with Crippen LogP contribution in [0.1, 0.15) is 12.8 Å². The number of anilines is 2. The number of carbonyl (C=O) groups is 3. The topological polar surface area (TPSA) is 91.4 Å². The second kappa shape index (κ2) is 10.4. The zero-order valence-electron chi connectivity index (χ0n) is 19.6. The Morgan fingerprint density at radius 2 is 1.57 bits per heavy atom. The predicted molar refractivity (Wildman–Crippen MR) is 130 cm³/mol. The zero-order chi connectivity index (χ0) is 24.2. The molecule has 2 saturated heterocycles. The molecule has 2 atom stereocenters. The summed E-state index contributed by atoms with van der Waals surface area (Å²) in [6, 6.07) is 16.4. The van der Waals surface area contributed by atoms with Crippen molar-refractivity contribution in [1.29, 1.82) is 0 Å². The molecule has 1 N–H and O–H groups in total. The minimum Gasteiger partial charge on any atom is -0.476 e. The lowest BCUT2D eigenvalue weighted by Crippen LogP contribution is -2.56. The summed E-state index contributed by atoms with van der Waals surface area (Å²) in [7, 11) is 0. The second-order valence-corrected chi connectivity index (χ2v) is 9.04. The highest BCUT2D eigenvalue weighted by molar-refractivity contribution is 5.99. The number of nitrogens with zero attached hydrogens (tertiary/aromatic N) is 3. The van der Waals surface area contributed by atoms with Gasteiger partial charge in [0.05, 0.1) is 31.4 Å². The number of likely N-dealkylation sites (tertiary alicyclic amines) is 1. The molecule has 9 heteroatoms. The lowest BCUT2D eigenvalue weighted by Gasteiger charge is -2.40. The van der Waals surface area contributed by atoms with Crippen LogP contribution in [0.3, 0.4) is 0 Å². The fraction of sp³-hybridized carbons (Fsp3) is 0.423. The van der Waals surface area contributed by atoms with Crippen LogP contribution < -0.4 is 15.0 Å².